The molecule has 0 radical (unpaired) electrons. The molecule has 0 aliphatic heterocycles. The maximum Gasteiger partial charge on any atom is 0.261 e. The van der Waals surface area contributed by atoms with E-state index >= 15 is 0 Å². The molecule has 2 aromatic carbocycles. The number of benzene rings is 2. The second kappa shape index (κ2) is 12.5. The van der Waals surface area contributed by atoms with Gasteiger partial charge in [-0.25, -0.2) is 0 Å². The molecule has 2 atom stereocenters. The lowest BCUT2D eigenvalue weighted by Crippen LogP contribution is -2.51. The second-order valence-corrected chi connectivity index (χ2v) is 8.58. The Bertz CT molecular complexity index is 857. The average molecular weight is 489 g/mol. The number of nitrogens with one attached hydrogen (secondary N) is 1. The molecule has 0 saturated heterocycles. The molecule has 31 heavy (non-hydrogen) atoms. The van der Waals surface area contributed by atoms with Gasteiger partial charge in [0, 0.05) is 12.6 Å². The number of halogens is 1. The van der Waals surface area contributed by atoms with Crippen molar-refractivity contribution in [1.29, 1.82) is 0 Å². The Hall–Kier alpha value is -2.34. The Balaban J connectivity index is 2.09. The molecule has 0 bridgehead atoms. The highest BCUT2D eigenvalue weighted by molar-refractivity contribution is 9.10. The van der Waals surface area contributed by atoms with Gasteiger partial charge in [0.1, 0.15) is 11.8 Å². The monoisotopic (exact) mass is 488 g/mol. The predicted octanol–water partition coefficient (Wildman–Crippen LogP) is 4.76. The maximum absolute atomic E-state index is 13.1. The number of hydrogen-bond donors (Lipinski definition) is 1. The third-order valence-electron chi connectivity index (χ3n) is 5.41. The molecule has 2 amide bonds. The summed E-state index contributed by atoms with van der Waals surface area (Å²) in [5, 5.41) is 2.98. The molecular formula is C25H33BrN2O3. The number of amides is 2. The van der Waals surface area contributed by atoms with Crippen LogP contribution in [-0.2, 0) is 22.4 Å². The lowest BCUT2D eigenvalue weighted by atomic mass is 10.1. The fourth-order valence-electron chi connectivity index (χ4n) is 3.14. The largest absolute Gasteiger partial charge is 0.483 e. The topological polar surface area (TPSA) is 58.6 Å². The molecule has 0 heterocycles. The molecule has 2 rings (SSSR count). The van der Waals surface area contributed by atoms with Crippen LogP contribution in [0.1, 0.15) is 45.2 Å². The first-order chi connectivity index (χ1) is 14.8. The SMILES string of the molecule is CCc1ccc(OCC(=O)N(CCc2ccccc2)[C@@H](C)C(=O)N[C@H](C)CC)c(Br)c1. The molecule has 0 spiro atoms. The molecular weight excluding hydrogens is 456 g/mol. The normalized spacial score (nSPS) is 12.7. The average Bonchev–Trinajstić information content (AvgIpc) is 2.78. The molecule has 1 N–H and O–H groups in total. The summed E-state index contributed by atoms with van der Waals surface area (Å²) >= 11 is 3.51. The highest BCUT2D eigenvalue weighted by Crippen LogP contribution is 2.26. The van der Waals surface area contributed by atoms with Crippen molar-refractivity contribution in [2.24, 2.45) is 0 Å². The molecule has 5 nitrogen and oxygen atoms in total. The number of hydrogen-bond acceptors (Lipinski definition) is 3. The van der Waals surface area contributed by atoms with Crippen molar-refractivity contribution < 1.29 is 14.3 Å². The predicted molar refractivity (Wildman–Crippen MR) is 128 cm³/mol. The number of ether oxygens (including phenoxy) is 1. The van der Waals surface area contributed by atoms with Gasteiger partial charge in [0.05, 0.1) is 4.47 Å². The summed E-state index contributed by atoms with van der Waals surface area (Å²) in [5.74, 6) is 0.253. The van der Waals surface area contributed by atoms with E-state index < -0.39 is 6.04 Å². The Labute approximate surface area is 194 Å². The highest BCUT2D eigenvalue weighted by Gasteiger charge is 2.26. The van der Waals surface area contributed by atoms with Gasteiger partial charge in [-0.05, 0) is 72.3 Å². The smallest absolute Gasteiger partial charge is 0.261 e. The first kappa shape index (κ1) is 24.9. The Morgan fingerprint density at radius 1 is 1.06 bits per heavy atom. The van der Waals surface area contributed by atoms with E-state index in [4.69, 9.17) is 4.74 Å². The summed E-state index contributed by atoms with van der Waals surface area (Å²) in [5.41, 5.74) is 2.30. The molecule has 0 unspecified atom stereocenters. The Kier molecular flexibility index (Phi) is 10.0. The van der Waals surface area contributed by atoms with Gasteiger partial charge < -0.3 is 15.0 Å². The minimum atomic E-state index is -0.584. The van der Waals surface area contributed by atoms with Crippen LogP contribution < -0.4 is 10.1 Å². The van der Waals surface area contributed by atoms with Gasteiger partial charge in [0.25, 0.3) is 5.91 Å². The van der Waals surface area contributed by atoms with Gasteiger partial charge in [0.2, 0.25) is 5.91 Å². The molecule has 0 aliphatic rings. The van der Waals surface area contributed by atoms with Gasteiger partial charge in [-0.15, -0.1) is 0 Å². The summed E-state index contributed by atoms with van der Waals surface area (Å²) in [6.45, 7) is 8.15. The lowest BCUT2D eigenvalue weighted by molar-refractivity contribution is -0.141. The lowest BCUT2D eigenvalue weighted by Gasteiger charge is -2.29. The quantitative estimate of drug-likeness (QED) is 0.495. The van der Waals surface area contributed by atoms with Crippen molar-refractivity contribution in [1.82, 2.24) is 10.2 Å². The third-order valence-corrected chi connectivity index (χ3v) is 6.03. The van der Waals surface area contributed by atoms with Gasteiger partial charge in [0.15, 0.2) is 6.61 Å². The third kappa shape index (κ3) is 7.69. The molecule has 0 aliphatic carbocycles. The molecule has 168 valence electrons. The summed E-state index contributed by atoms with van der Waals surface area (Å²) in [4.78, 5) is 27.4. The van der Waals surface area contributed by atoms with Crippen LogP contribution in [0.5, 0.6) is 5.75 Å². The summed E-state index contributed by atoms with van der Waals surface area (Å²) in [7, 11) is 0. The van der Waals surface area contributed by atoms with Gasteiger partial charge in [-0.2, -0.15) is 0 Å². The van der Waals surface area contributed by atoms with Crippen LogP contribution in [0.3, 0.4) is 0 Å². The van der Waals surface area contributed by atoms with Gasteiger partial charge in [-0.1, -0.05) is 50.2 Å². The first-order valence-corrected chi connectivity index (χ1v) is 11.7. The van der Waals surface area contributed by atoms with Crippen molar-refractivity contribution in [2.75, 3.05) is 13.2 Å². The van der Waals surface area contributed by atoms with Crippen molar-refractivity contribution in [3.63, 3.8) is 0 Å². The van der Waals surface area contributed by atoms with Crippen LogP contribution in [0.4, 0.5) is 0 Å². The highest BCUT2D eigenvalue weighted by atomic mass is 79.9. The Morgan fingerprint density at radius 3 is 2.39 bits per heavy atom. The van der Waals surface area contributed by atoms with Crippen LogP contribution in [-0.4, -0.2) is 41.9 Å². The van der Waals surface area contributed by atoms with Crippen LogP contribution in [0.15, 0.2) is 53.0 Å². The fourth-order valence-corrected chi connectivity index (χ4v) is 3.68. The van der Waals surface area contributed by atoms with E-state index in [1.165, 1.54) is 5.56 Å². The van der Waals surface area contributed by atoms with Gasteiger partial charge >= 0.3 is 0 Å². The number of rotatable bonds is 11. The van der Waals surface area contributed by atoms with Crippen molar-refractivity contribution in [2.45, 2.75) is 59.0 Å². The minimum absolute atomic E-state index is 0.0605. The van der Waals surface area contributed by atoms with E-state index in [9.17, 15) is 9.59 Å². The molecule has 0 aromatic heterocycles. The number of nitrogens with zero attached hydrogens (tertiary/aromatic N) is 1. The second-order valence-electron chi connectivity index (χ2n) is 7.72. The van der Waals surface area contributed by atoms with Crippen molar-refractivity contribution in [3.8, 4) is 5.75 Å². The number of carbonyl (C=O) groups excluding carboxylic acids is 2. The number of carbonyl (C=O) groups is 2. The zero-order valence-corrected chi connectivity index (χ0v) is 20.4. The van der Waals surface area contributed by atoms with Crippen molar-refractivity contribution in [3.05, 3.63) is 64.1 Å². The molecule has 0 fully saturated rings. The minimum Gasteiger partial charge on any atom is -0.483 e. The fraction of sp³-hybridized carbons (Fsp3) is 0.440. The van der Waals surface area contributed by atoms with E-state index in [1.807, 2.05) is 62.4 Å². The van der Waals surface area contributed by atoms with Crippen LogP contribution in [0.2, 0.25) is 0 Å². The van der Waals surface area contributed by atoms with E-state index in [-0.39, 0.29) is 24.5 Å². The van der Waals surface area contributed by atoms with E-state index in [2.05, 4.69) is 28.2 Å². The van der Waals surface area contributed by atoms with Gasteiger partial charge in [-0.3, -0.25) is 9.59 Å². The van der Waals surface area contributed by atoms with E-state index in [1.54, 1.807) is 11.8 Å². The van der Waals surface area contributed by atoms with Crippen LogP contribution in [0.25, 0.3) is 0 Å². The molecule has 6 heteroatoms. The van der Waals surface area contributed by atoms with E-state index in [0.717, 1.165) is 22.9 Å². The Morgan fingerprint density at radius 2 is 1.77 bits per heavy atom. The summed E-state index contributed by atoms with van der Waals surface area (Å²) in [6, 6.07) is 15.3. The standard InChI is InChI=1S/C25H33BrN2O3/c1-5-18(3)27-25(30)19(4)28(15-14-21-10-8-7-9-11-21)24(29)17-31-23-13-12-20(6-2)16-22(23)26/h7-13,16,18-19H,5-6,14-15,17H2,1-4H3,(H,27,30)/t18-,19+/m1/s1. The molecule has 2 aromatic rings. The summed E-state index contributed by atoms with van der Waals surface area (Å²) < 4.78 is 6.61. The van der Waals surface area contributed by atoms with Crippen molar-refractivity contribution >= 4 is 27.7 Å². The summed E-state index contributed by atoms with van der Waals surface area (Å²) in [6.07, 6.45) is 2.43. The number of aryl methyl sites for hydroxylation is 1. The van der Waals surface area contributed by atoms with E-state index in [0.29, 0.717) is 18.7 Å². The zero-order valence-electron chi connectivity index (χ0n) is 18.9. The van der Waals surface area contributed by atoms with Crippen LogP contribution in [0, 0.1) is 0 Å². The first-order valence-electron chi connectivity index (χ1n) is 10.9. The molecule has 0 saturated carbocycles. The maximum atomic E-state index is 13.1. The zero-order chi connectivity index (χ0) is 22.8. The van der Waals surface area contributed by atoms with Crippen LogP contribution >= 0.6 is 15.9 Å².